The van der Waals surface area contributed by atoms with E-state index in [1.54, 1.807) is 6.07 Å². The summed E-state index contributed by atoms with van der Waals surface area (Å²) < 4.78 is 16.0. The number of hydrogen-bond donors (Lipinski definition) is 2. The molecule has 0 aromatic heterocycles. The van der Waals surface area contributed by atoms with Gasteiger partial charge in [-0.3, -0.25) is 0 Å². The van der Waals surface area contributed by atoms with Gasteiger partial charge in [0.2, 0.25) is 6.79 Å². The average Bonchev–Trinajstić information content (AvgIpc) is 2.90. The molecule has 0 unspecified atom stereocenters. The van der Waals surface area contributed by atoms with Crippen molar-refractivity contribution in [3.63, 3.8) is 0 Å². The molecule has 0 atom stereocenters. The second kappa shape index (κ2) is 7.61. The minimum absolute atomic E-state index is 0.162. The molecule has 2 N–H and O–H groups in total. The first-order valence-corrected chi connectivity index (χ1v) is 7.19. The molecule has 1 aromatic carbocycles. The second-order valence-corrected chi connectivity index (χ2v) is 5.23. The first kappa shape index (κ1) is 15.3. The van der Waals surface area contributed by atoms with Crippen LogP contribution in [0.4, 0.5) is 4.79 Å². The predicted molar refractivity (Wildman–Crippen MR) is 78.9 cm³/mol. The first-order chi connectivity index (χ1) is 10.1. The number of ether oxygens (including phenoxy) is 3. The minimum Gasteiger partial charge on any atom is -0.492 e. The largest absolute Gasteiger partial charge is 0.492 e. The summed E-state index contributed by atoms with van der Waals surface area (Å²) in [5.41, 5.74) is 0. The van der Waals surface area contributed by atoms with Gasteiger partial charge in [0.05, 0.1) is 6.54 Å². The third-order valence-corrected chi connectivity index (χ3v) is 3.01. The Morgan fingerprint density at radius 2 is 2.00 bits per heavy atom. The van der Waals surface area contributed by atoms with Crippen molar-refractivity contribution in [1.29, 1.82) is 0 Å². The number of fused-ring (bicyclic) bond motifs is 1. The summed E-state index contributed by atoms with van der Waals surface area (Å²) in [6, 6.07) is 5.25. The van der Waals surface area contributed by atoms with Crippen LogP contribution in [0, 0.1) is 5.92 Å². The van der Waals surface area contributed by atoms with Crippen molar-refractivity contribution in [2.75, 3.05) is 26.5 Å². The van der Waals surface area contributed by atoms with Gasteiger partial charge in [-0.2, -0.15) is 0 Å². The molecule has 2 rings (SSSR count). The number of hydrogen-bond acceptors (Lipinski definition) is 4. The number of carbonyl (C=O) groups is 1. The van der Waals surface area contributed by atoms with Crippen LogP contribution in [0.1, 0.15) is 20.3 Å². The summed E-state index contributed by atoms with van der Waals surface area (Å²) in [6.45, 7) is 6.03. The van der Waals surface area contributed by atoms with Crippen molar-refractivity contribution in [1.82, 2.24) is 10.6 Å². The van der Waals surface area contributed by atoms with Crippen LogP contribution in [-0.4, -0.2) is 32.5 Å². The molecule has 2 amide bonds. The van der Waals surface area contributed by atoms with Gasteiger partial charge in [0.15, 0.2) is 11.5 Å². The van der Waals surface area contributed by atoms with Crippen molar-refractivity contribution < 1.29 is 19.0 Å². The van der Waals surface area contributed by atoms with E-state index in [1.165, 1.54) is 0 Å². The molecule has 0 saturated carbocycles. The summed E-state index contributed by atoms with van der Waals surface area (Å²) in [7, 11) is 0. The van der Waals surface area contributed by atoms with Crippen LogP contribution in [0.15, 0.2) is 18.2 Å². The van der Waals surface area contributed by atoms with Crippen LogP contribution in [-0.2, 0) is 0 Å². The maximum absolute atomic E-state index is 11.5. The molecule has 0 saturated heterocycles. The highest BCUT2D eigenvalue weighted by atomic mass is 16.7. The van der Waals surface area contributed by atoms with E-state index in [0.29, 0.717) is 37.1 Å². The van der Waals surface area contributed by atoms with Crippen LogP contribution < -0.4 is 24.8 Å². The van der Waals surface area contributed by atoms with Gasteiger partial charge in [-0.25, -0.2) is 4.79 Å². The van der Waals surface area contributed by atoms with E-state index in [2.05, 4.69) is 24.5 Å². The van der Waals surface area contributed by atoms with Crippen LogP contribution in [0.25, 0.3) is 0 Å². The topological polar surface area (TPSA) is 68.8 Å². The molecule has 6 heteroatoms. The zero-order valence-corrected chi connectivity index (χ0v) is 12.5. The molecule has 1 heterocycles. The van der Waals surface area contributed by atoms with E-state index in [9.17, 15) is 4.79 Å². The highest BCUT2D eigenvalue weighted by Gasteiger charge is 2.13. The Labute approximate surface area is 124 Å². The van der Waals surface area contributed by atoms with Gasteiger partial charge >= 0.3 is 6.03 Å². The molecule has 6 nitrogen and oxygen atoms in total. The lowest BCUT2D eigenvalue weighted by atomic mass is 10.1. The standard InChI is InChI=1S/C15H22N2O4/c1-11(2)5-6-16-15(18)17-7-8-19-12-3-4-13-14(9-12)21-10-20-13/h3-4,9,11H,5-8,10H2,1-2H3,(H2,16,17,18). The zero-order valence-electron chi connectivity index (χ0n) is 12.5. The summed E-state index contributed by atoms with van der Waals surface area (Å²) in [5.74, 6) is 2.69. The third kappa shape index (κ3) is 5.06. The Balaban J connectivity index is 1.60. The minimum atomic E-state index is -0.162. The quantitative estimate of drug-likeness (QED) is 0.756. The Morgan fingerprint density at radius 3 is 2.81 bits per heavy atom. The fraction of sp³-hybridized carbons (Fsp3) is 0.533. The van der Waals surface area contributed by atoms with Gasteiger partial charge in [0, 0.05) is 12.6 Å². The summed E-state index contributed by atoms with van der Waals surface area (Å²) in [6.07, 6.45) is 0.973. The lowest BCUT2D eigenvalue weighted by Crippen LogP contribution is -2.38. The van der Waals surface area contributed by atoms with Crippen LogP contribution in [0.2, 0.25) is 0 Å². The fourth-order valence-corrected chi connectivity index (χ4v) is 1.84. The molecule has 1 aliphatic heterocycles. The monoisotopic (exact) mass is 294 g/mol. The van der Waals surface area contributed by atoms with Crippen LogP contribution in [0.3, 0.4) is 0 Å². The summed E-state index contributed by atoms with van der Waals surface area (Å²) in [5, 5.41) is 5.55. The number of nitrogens with one attached hydrogen (secondary N) is 2. The van der Waals surface area contributed by atoms with Gasteiger partial charge in [0.1, 0.15) is 12.4 Å². The normalized spacial score (nSPS) is 12.3. The Morgan fingerprint density at radius 1 is 1.24 bits per heavy atom. The molecule has 0 aliphatic carbocycles. The maximum atomic E-state index is 11.5. The molecule has 21 heavy (non-hydrogen) atoms. The Bertz CT molecular complexity index is 477. The lowest BCUT2D eigenvalue weighted by molar-refractivity contribution is 0.173. The van der Waals surface area contributed by atoms with Crippen molar-refractivity contribution in [3.05, 3.63) is 18.2 Å². The highest BCUT2D eigenvalue weighted by molar-refractivity contribution is 5.73. The van der Waals surface area contributed by atoms with Gasteiger partial charge in [0.25, 0.3) is 0 Å². The van der Waals surface area contributed by atoms with Crippen LogP contribution in [0.5, 0.6) is 17.2 Å². The molecule has 1 aliphatic rings. The molecule has 0 radical (unpaired) electrons. The zero-order chi connectivity index (χ0) is 15.1. The SMILES string of the molecule is CC(C)CCNC(=O)NCCOc1ccc2c(c1)OCO2. The molecular formula is C15H22N2O4. The van der Waals surface area contributed by atoms with Gasteiger partial charge < -0.3 is 24.8 Å². The molecule has 0 fully saturated rings. The van der Waals surface area contributed by atoms with Gasteiger partial charge in [-0.1, -0.05) is 13.8 Å². The van der Waals surface area contributed by atoms with Gasteiger partial charge in [-0.05, 0) is 24.5 Å². The van der Waals surface area contributed by atoms with Crippen molar-refractivity contribution in [3.8, 4) is 17.2 Å². The van der Waals surface area contributed by atoms with E-state index in [-0.39, 0.29) is 12.8 Å². The Hall–Kier alpha value is -2.11. The number of rotatable bonds is 7. The van der Waals surface area contributed by atoms with Crippen LogP contribution >= 0.6 is 0 Å². The lowest BCUT2D eigenvalue weighted by Gasteiger charge is -2.10. The average molecular weight is 294 g/mol. The third-order valence-electron chi connectivity index (χ3n) is 3.01. The number of benzene rings is 1. The van der Waals surface area contributed by atoms with Crippen molar-refractivity contribution in [2.24, 2.45) is 5.92 Å². The molecule has 0 spiro atoms. The van der Waals surface area contributed by atoms with E-state index >= 15 is 0 Å². The van der Waals surface area contributed by atoms with E-state index in [1.807, 2.05) is 12.1 Å². The maximum Gasteiger partial charge on any atom is 0.314 e. The smallest absolute Gasteiger partial charge is 0.314 e. The van der Waals surface area contributed by atoms with Gasteiger partial charge in [-0.15, -0.1) is 0 Å². The Kier molecular flexibility index (Phi) is 5.54. The molecule has 116 valence electrons. The molecule has 1 aromatic rings. The van der Waals surface area contributed by atoms with Crippen molar-refractivity contribution in [2.45, 2.75) is 20.3 Å². The summed E-state index contributed by atoms with van der Waals surface area (Å²) in [4.78, 5) is 11.5. The number of urea groups is 1. The van der Waals surface area contributed by atoms with E-state index in [0.717, 1.165) is 12.2 Å². The van der Waals surface area contributed by atoms with Crippen molar-refractivity contribution >= 4 is 6.03 Å². The highest BCUT2D eigenvalue weighted by Crippen LogP contribution is 2.34. The second-order valence-electron chi connectivity index (χ2n) is 5.23. The van der Waals surface area contributed by atoms with E-state index < -0.39 is 0 Å². The molecule has 0 bridgehead atoms. The fourth-order valence-electron chi connectivity index (χ4n) is 1.84. The number of carbonyl (C=O) groups excluding carboxylic acids is 1. The van der Waals surface area contributed by atoms with E-state index in [4.69, 9.17) is 14.2 Å². The number of amides is 2. The molecular weight excluding hydrogens is 272 g/mol. The summed E-state index contributed by atoms with van der Waals surface area (Å²) >= 11 is 0. The predicted octanol–water partition coefficient (Wildman–Crippen LogP) is 2.14. The first-order valence-electron chi connectivity index (χ1n) is 7.19.